The summed E-state index contributed by atoms with van der Waals surface area (Å²) in [6, 6.07) is 1.35. The third-order valence-electron chi connectivity index (χ3n) is 4.34. The van der Waals surface area contributed by atoms with E-state index in [-0.39, 0.29) is 30.0 Å². The molecule has 1 aliphatic heterocycles. The zero-order valence-electron chi connectivity index (χ0n) is 11.7. The van der Waals surface area contributed by atoms with Gasteiger partial charge in [0, 0.05) is 10.0 Å². The molecule has 1 N–H and O–H groups in total. The molecule has 0 saturated heterocycles. The molecule has 0 bridgehead atoms. The lowest BCUT2D eigenvalue weighted by atomic mass is 9.91. The van der Waals surface area contributed by atoms with Crippen LogP contribution in [0.1, 0.15) is 41.6 Å². The van der Waals surface area contributed by atoms with Crippen LogP contribution in [0.5, 0.6) is 5.75 Å². The number of hydrogen-bond acceptors (Lipinski definition) is 3. The van der Waals surface area contributed by atoms with Gasteiger partial charge in [0.15, 0.2) is 18.3 Å². The Kier molecular flexibility index (Phi) is 3.92. The number of aliphatic hydroxyl groups excluding tert-OH is 1. The first-order chi connectivity index (χ1) is 10.0. The number of rotatable bonds is 1. The van der Waals surface area contributed by atoms with Crippen molar-refractivity contribution in [3.8, 4) is 5.75 Å². The molecular formula is C15H17BrFNO3. The van der Waals surface area contributed by atoms with E-state index in [1.165, 1.54) is 4.90 Å². The molecule has 4 nitrogen and oxygen atoms in total. The molecule has 0 radical (unpaired) electrons. The van der Waals surface area contributed by atoms with Crippen LogP contribution < -0.4 is 4.74 Å². The van der Waals surface area contributed by atoms with Crippen molar-refractivity contribution < 1.29 is 19.0 Å². The predicted molar refractivity (Wildman–Crippen MR) is 78.8 cm³/mol. The molecule has 1 aliphatic carbocycles. The summed E-state index contributed by atoms with van der Waals surface area (Å²) in [4.78, 5) is 14.1. The van der Waals surface area contributed by atoms with Crippen molar-refractivity contribution in [2.75, 3.05) is 6.73 Å². The van der Waals surface area contributed by atoms with Crippen molar-refractivity contribution in [2.45, 2.75) is 44.8 Å². The number of carbonyl (C=O) groups is 1. The van der Waals surface area contributed by atoms with Gasteiger partial charge < -0.3 is 9.84 Å². The molecule has 21 heavy (non-hydrogen) atoms. The van der Waals surface area contributed by atoms with Gasteiger partial charge in [-0.2, -0.15) is 0 Å². The maximum atomic E-state index is 14.2. The van der Waals surface area contributed by atoms with Crippen molar-refractivity contribution in [3.05, 3.63) is 27.5 Å². The second-order valence-corrected chi connectivity index (χ2v) is 6.50. The summed E-state index contributed by atoms with van der Waals surface area (Å²) in [7, 11) is 0. The van der Waals surface area contributed by atoms with Gasteiger partial charge in [0.25, 0.3) is 5.91 Å². The Hall–Kier alpha value is -1.14. The highest BCUT2D eigenvalue weighted by Crippen LogP contribution is 2.36. The normalized spacial score (nSPS) is 25.5. The van der Waals surface area contributed by atoms with Crippen molar-refractivity contribution in [3.63, 3.8) is 0 Å². The van der Waals surface area contributed by atoms with E-state index in [4.69, 9.17) is 4.74 Å². The van der Waals surface area contributed by atoms with E-state index in [1.807, 2.05) is 0 Å². The topological polar surface area (TPSA) is 49.8 Å². The van der Waals surface area contributed by atoms with Crippen LogP contribution >= 0.6 is 15.9 Å². The van der Waals surface area contributed by atoms with E-state index in [2.05, 4.69) is 15.9 Å². The Morgan fingerprint density at radius 1 is 1.43 bits per heavy atom. The van der Waals surface area contributed by atoms with Gasteiger partial charge in [0.2, 0.25) is 0 Å². The first-order valence-electron chi connectivity index (χ1n) is 7.11. The van der Waals surface area contributed by atoms with E-state index in [9.17, 15) is 14.3 Å². The minimum Gasteiger partial charge on any atom is -0.469 e. The van der Waals surface area contributed by atoms with Gasteiger partial charge >= 0.3 is 0 Å². The maximum Gasteiger partial charge on any atom is 0.260 e. The fourth-order valence-corrected chi connectivity index (χ4v) is 3.45. The second kappa shape index (κ2) is 5.57. The van der Waals surface area contributed by atoms with E-state index >= 15 is 0 Å². The number of amides is 1. The summed E-state index contributed by atoms with van der Waals surface area (Å²) in [6.07, 6.45) is 2.85. The van der Waals surface area contributed by atoms with E-state index < -0.39 is 11.9 Å². The molecule has 1 aromatic carbocycles. The Labute approximate surface area is 131 Å². The van der Waals surface area contributed by atoms with Crippen molar-refractivity contribution in [1.82, 2.24) is 4.90 Å². The summed E-state index contributed by atoms with van der Waals surface area (Å²) in [5.74, 6) is -0.763. The fraction of sp³-hybridized carbons (Fsp3) is 0.533. The van der Waals surface area contributed by atoms with Gasteiger partial charge in [0.1, 0.15) is 0 Å². The van der Waals surface area contributed by atoms with E-state index in [1.54, 1.807) is 13.0 Å². The molecule has 1 saturated carbocycles. The van der Waals surface area contributed by atoms with Crippen LogP contribution in [0, 0.1) is 12.7 Å². The van der Waals surface area contributed by atoms with Crippen LogP contribution in [-0.2, 0) is 0 Å². The van der Waals surface area contributed by atoms with Gasteiger partial charge in [-0.05, 0) is 25.8 Å². The van der Waals surface area contributed by atoms with Gasteiger partial charge in [-0.25, -0.2) is 4.39 Å². The number of ether oxygens (including phenoxy) is 1. The first-order valence-corrected chi connectivity index (χ1v) is 7.90. The number of benzene rings is 1. The molecule has 2 aliphatic rings. The van der Waals surface area contributed by atoms with Gasteiger partial charge in [-0.3, -0.25) is 9.69 Å². The second-order valence-electron chi connectivity index (χ2n) is 5.64. The van der Waals surface area contributed by atoms with Crippen LogP contribution in [0.3, 0.4) is 0 Å². The van der Waals surface area contributed by atoms with E-state index in [0.717, 1.165) is 19.3 Å². The highest BCUT2D eigenvalue weighted by atomic mass is 79.9. The number of nitrogens with zero attached hydrogens (tertiary/aromatic N) is 1. The molecule has 0 unspecified atom stereocenters. The number of carbonyl (C=O) groups excluding carboxylic acids is 1. The Bertz CT molecular complexity index is 593. The van der Waals surface area contributed by atoms with Crippen LogP contribution in [0.25, 0.3) is 0 Å². The lowest BCUT2D eigenvalue weighted by Gasteiger charge is -2.39. The monoisotopic (exact) mass is 357 g/mol. The molecule has 2 atom stereocenters. The molecule has 1 amide bonds. The largest absolute Gasteiger partial charge is 0.469 e. The standard InChI is InChI=1S/C15H17BrFNO3/c1-8-10(16)6-9-14(13(8)17)21-7-18(15(9)20)11-4-2-3-5-12(11)19/h6,11-12,19H,2-5,7H2,1H3/t11-,12-/m0/s1. The maximum absolute atomic E-state index is 14.2. The predicted octanol–water partition coefficient (Wildman–Crippen LogP) is 2.99. The highest BCUT2D eigenvalue weighted by Gasteiger charge is 2.37. The Morgan fingerprint density at radius 3 is 2.86 bits per heavy atom. The third-order valence-corrected chi connectivity index (χ3v) is 5.16. The minimum atomic E-state index is -0.536. The smallest absolute Gasteiger partial charge is 0.260 e. The molecule has 1 fully saturated rings. The number of aliphatic hydroxyl groups is 1. The Morgan fingerprint density at radius 2 is 2.14 bits per heavy atom. The highest BCUT2D eigenvalue weighted by molar-refractivity contribution is 9.10. The molecule has 1 heterocycles. The molecular weight excluding hydrogens is 341 g/mol. The zero-order chi connectivity index (χ0) is 15.1. The number of halogens is 2. The van der Waals surface area contributed by atoms with Crippen LogP contribution in [0.2, 0.25) is 0 Å². The summed E-state index contributed by atoms with van der Waals surface area (Å²) >= 11 is 3.26. The third kappa shape index (κ3) is 2.44. The van der Waals surface area contributed by atoms with E-state index in [0.29, 0.717) is 16.5 Å². The van der Waals surface area contributed by atoms with Gasteiger partial charge in [-0.15, -0.1) is 0 Å². The molecule has 1 aromatic rings. The Balaban J connectivity index is 1.95. The lowest BCUT2D eigenvalue weighted by molar-refractivity contribution is -0.0133. The van der Waals surface area contributed by atoms with Crippen LogP contribution in [-0.4, -0.2) is 34.8 Å². The van der Waals surface area contributed by atoms with Crippen molar-refractivity contribution >= 4 is 21.8 Å². The van der Waals surface area contributed by atoms with Crippen molar-refractivity contribution in [1.29, 1.82) is 0 Å². The average molecular weight is 358 g/mol. The summed E-state index contributed by atoms with van der Waals surface area (Å²) < 4.78 is 20.2. The van der Waals surface area contributed by atoms with Gasteiger partial charge in [0.05, 0.1) is 17.7 Å². The fourth-order valence-electron chi connectivity index (χ4n) is 3.04. The lowest BCUT2D eigenvalue weighted by Crippen LogP contribution is -2.52. The summed E-state index contributed by atoms with van der Waals surface area (Å²) in [5.41, 5.74) is 0.640. The average Bonchev–Trinajstić information content (AvgIpc) is 2.47. The van der Waals surface area contributed by atoms with Gasteiger partial charge in [-0.1, -0.05) is 28.8 Å². The molecule has 3 rings (SSSR count). The molecule has 6 heteroatoms. The SMILES string of the molecule is Cc1c(Br)cc2c(c1F)OCN([C@H]1CCCC[C@@H]1O)C2=O. The summed E-state index contributed by atoms with van der Waals surface area (Å²) in [6.45, 7) is 1.62. The number of fused-ring (bicyclic) bond motifs is 1. The molecule has 114 valence electrons. The first kappa shape index (κ1) is 14.8. The zero-order valence-corrected chi connectivity index (χ0v) is 13.3. The van der Waals surface area contributed by atoms with Crippen molar-refractivity contribution in [2.24, 2.45) is 0 Å². The molecule has 0 spiro atoms. The quantitative estimate of drug-likeness (QED) is 0.840. The minimum absolute atomic E-state index is 0.00838. The van der Waals surface area contributed by atoms with Crippen LogP contribution in [0.4, 0.5) is 4.39 Å². The number of hydrogen-bond donors (Lipinski definition) is 1. The molecule has 0 aromatic heterocycles. The van der Waals surface area contributed by atoms with Crippen LogP contribution in [0.15, 0.2) is 10.5 Å². The summed E-state index contributed by atoms with van der Waals surface area (Å²) in [5, 5.41) is 10.1.